The zero-order chi connectivity index (χ0) is 21.0. The minimum atomic E-state index is -0.0249. The van der Waals surface area contributed by atoms with E-state index in [1.807, 2.05) is 22.1 Å². The van der Waals surface area contributed by atoms with Gasteiger partial charge in [0.05, 0.1) is 64.7 Å². The molecular formula is C20H24N2O6S. The highest BCUT2D eigenvalue weighted by atomic mass is 32.1. The lowest BCUT2D eigenvalue weighted by molar-refractivity contribution is 0.276. The van der Waals surface area contributed by atoms with Crippen LogP contribution in [0.1, 0.15) is 0 Å². The number of nitrogens with zero attached hydrogens (tertiary/aromatic N) is 2. The van der Waals surface area contributed by atoms with E-state index in [0.717, 1.165) is 16.1 Å². The highest BCUT2D eigenvalue weighted by Gasteiger charge is 2.25. The molecule has 8 nitrogen and oxygen atoms in total. The molecule has 2 heterocycles. The van der Waals surface area contributed by atoms with Gasteiger partial charge in [-0.05, 0) is 12.1 Å². The van der Waals surface area contributed by atoms with Gasteiger partial charge in [-0.1, -0.05) is 0 Å². The number of aromatic nitrogens is 2. The summed E-state index contributed by atoms with van der Waals surface area (Å²) in [6.07, 6.45) is 1.69. The zero-order valence-electron chi connectivity index (χ0n) is 17.0. The van der Waals surface area contributed by atoms with E-state index < -0.39 is 0 Å². The molecule has 1 aromatic carbocycles. The van der Waals surface area contributed by atoms with Gasteiger partial charge in [0.15, 0.2) is 23.0 Å². The van der Waals surface area contributed by atoms with Gasteiger partial charge in [0, 0.05) is 17.5 Å². The van der Waals surface area contributed by atoms with Gasteiger partial charge in [0.1, 0.15) is 0 Å². The normalized spacial score (nSPS) is 10.7. The molecular weight excluding hydrogens is 396 g/mol. The van der Waals surface area contributed by atoms with Gasteiger partial charge in [0.25, 0.3) is 0 Å². The van der Waals surface area contributed by atoms with Crippen LogP contribution in [0.3, 0.4) is 0 Å². The number of aliphatic hydroxyl groups is 1. The van der Waals surface area contributed by atoms with Crippen molar-refractivity contribution in [2.45, 2.75) is 6.54 Å². The van der Waals surface area contributed by atoms with Crippen LogP contribution in [0.5, 0.6) is 28.7 Å². The molecule has 0 unspecified atom stereocenters. The summed E-state index contributed by atoms with van der Waals surface area (Å²) >= 11 is 1.48. The van der Waals surface area contributed by atoms with E-state index in [1.165, 1.54) is 11.3 Å². The maximum atomic E-state index is 9.52. The standard InChI is InChI=1S/C20H24N2O6S/c1-24-13-8-12(9-14(25-2)18(13)27-4)16-17(22(6-7-23)11-21-16)20-19(28-5)15(26-3)10-29-20/h8-11,23H,6-7H2,1-5H3. The summed E-state index contributed by atoms with van der Waals surface area (Å²) < 4.78 is 29.3. The van der Waals surface area contributed by atoms with Gasteiger partial charge in [0.2, 0.25) is 5.75 Å². The topological polar surface area (TPSA) is 84.2 Å². The average Bonchev–Trinajstić information content (AvgIpc) is 3.35. The van der Waals surface area contributed by atoms with Crippen molar-refractivity contribution in [2.24, 2.45) is 0 Å². The Labute approximate surface area is 173 Å². The molecule has 0 bridgehead atoms. The van der Waals surface area contributed by atoms with E-state index in [-0.39, 0.29) is 6.61 Å². The maximum absolute atomic E-state index is 9.52. The zero-order valence-corrected chi connectivity index (χ0v) is 17.8. The maximum Gasteiger partial charge on any atom is 0.203 e. The number of hydrogen-bond donors (Lipinski definition) is 1. The number of aliphatic hydroxyl groups excluding tert-OH is 1. The lowest BCUT2D eigenvalue weighted by Crippen LogP contribution is -2.03. The molecule has 3 rings (SSSR count). The van der Waals surface area contributed by atoms with E-state index in [2.05, 4.69) is 4.98 Å². The molecule has 0 radical (unpaired) electrons. The molecule has 0 amide bonds. The molecule has 0 saturated carbocycles. The number of hydrogen-bond acceptors (Lipinski definition) is 8. The summed E-state index contributed by atoms with van der Waals surface area (Å²) in [5.41, 5.74) is 2.28. The molecule has 2 aromatic heterocycles. The van der Waals surface area contributed by atoms with Gasteiger partial charge in [-0.2, -0.15) is 0 Å². The van der Waals surface area contributed by atoms with E-state index in [4.69, 9.17) is 23.7 Å². The molecule has 1 N–H and O–H groups in total. The number of rotatable bonds is 9. The van der Waals surface area contributed by atoms with Crippen LogP contribution in [0.25, 0.3) is 21.8 Å². The van der Waals surface area contributed by atoms with E-state index in [0.29, 0.717) is 41.0 Å². The largest absolute Gasteiger partial charge is 0.493 e. The first-order valence-corrected chi connectivity index (χ1v) is 9.67. The molecule has 156 valence electrons. The van der Waals surface area contributed by atoms with Crippen LogP contribution in [0, 0.1) is 0 Å². The Kier molecular flexibility index (Phi) is 6.50. The SMILES string of the molecule is COc1cc(-c2ncn(CCO)c2-c2scc(OC)c2OC)cc(OC)c1OC. The Bertz CT molecular complexity index is 957. The van der Waals surface area contributed by atoms with Crippen molar-refractivity contribution in [3.63, 3.8) is 0 Å². The summed E-state index contributed by atoms with van der Waals surface area (Å²) in [6, 6.07) is 3.68. The summed E-state index contributed by atoms with van der Waals surface area (Å²) in [6.45, 7) is 0.360. The fraction of sp³-hybridized carbons (Fsp3) is 0.350. The van der Waals surface area contributed by atoms with Crippen molar-refractivity contribution in [3.05, 3.63) is 23.8 Å². The molecule has 0 atom stereocenters. The Morgan fingerprint density at radius 1 is 0.897 bits per heavy atom. The van der Waals surface area contributed by atoms with Crippen LogP contribution in [0.2, 0.25) is 0 Å². The molecule has 0 fully saturated rings. The second-order valence-corrected chi connectivity index (χ2v) is 6.82. The second kappa shape index (κ2) is 9.06. The van der Waals surface area contributed by atoms with Crippen molar-refractivity contribution < 1.29 is 28.8 Å². The predicted octanol–water partition coefficient (Wildman–Crippen LogP) is 3.31. The number of methoxy groups -OCH3 is 5. The Morgan fingerprint density at radius 3 is 2.03 bits per heavy atom. The third-order valence-corrected chi connectivity index (χ3v) is 5.42. The number of imidazole rings is 1. The van der Waals surface area contributed by atoms with E-state index >= 15 is 0 Å². The quantitative estimate of drug-likeness (QED) is 0.568. The van der Waals surface area contributed by atoms with Crippen LogP contribution in [0.4, 0.5) is 0 Å². The highest BCUT2D eigenvalue weighted by Crippen LogP contribution is 2.48. The average molecular weight is 420 g/mol. The van der Waals surface area contributed by atoms with Crippen LogP contribution >= 0.6 is 11.3 Å². The molecule has 0 aliphatic heterocycles. The van der Waals surface area contributed by atoms with Gasteiger partial charge in [-0.3, -0.25) is 0 Å². The number of benzene rings is 1. The molecule has 0 aliphatic carbocycles. The number of ether oxygens (including phenoxy) is 5. The van der Waals surface area contributed by atoms with Gasteiger partial charge in [-0.25, -0.2) is 4.98 Å². The Hall–Kier alpha value is -2.91. The molecule has 9 heteroatoms. The van der Waals surface area contributed by atoms with E-state index in [9.17, 15) is 5.11 Å². The number of thiophene rings is 1. The second-order valence-electron chi connectivity index (χ2n) is 5.94. The molecule has 0 aliphatic rings. The van der Waals surface area contributed by atoms with Crippen molar-refractivity contribution in [1.82, 2.24) is 9.55 Å². The monoisotopic (exact) mass is 420 g/mol. The van der Waals surface area contributed by atoms with E-state index in [1.54, 1.807) is 41.9 Å². The predicted molar refractivity (Wildman–Crippen MR) is 111 cm³/mol. The molecule has 3 aromatic rings. The minimum absolute atomic E-state index is 0.0249. The highest BCUT2D eigenvalue weighted by molar-refractivity contribution is 7.14. The summed E-state index contributed by atoms with van der Waals surface area (Å²) in [5, 5.41) is 11.4. The Balaban J connectivity index is 2.26. The van der Waals surface area contributed by atoms with Crippen LogP contribution < -0.4 is 23.7 Å². The fourth-order valence-corrected chi connectivity index (χ4v) is 4.20. The lowest BCUT2D eigenvalue weighted by atomic mass is 10.1. The van der Waals surface area contributed by atoms with Gasteiger partial charge < -0.3 is 33.4 Å². The first kappa shape index (κ1) is 20.8. The van der Waals surface area contributed by atoms with Crippen LogP contribution in [0.15, 0.2) is 23.8 Å². The van der Waals surface area contributed by atoms with Crippen molar-refractivity contribution in [1.29, 1.82) is 0 Å². The summed E-state index contributed by atoms with van der Waals surface area (Å²) in [7, 11) is 7.89. The summed E-state index contributed by atoms with van der Waals surface area (Å²) in [4.78, 5) is 5.45. The smallest absolute Gasteiger partial charge is 0.203 e. The van der Waals surface area contributed by atoms with Crippen molar-refractivity contribution in [2.75, 3.05) is 42.2 Å². The summed E-state index contributed by atoms with van der Waals surface area (Å²) in [5.74, 6) is 2.82. The first-order valence-electron chi connectivity index (χ1n) is 8.79. The van der Waals surface area contributed by atoms with Crippen LogP contribution in [-0.4, -0.2) is 56.8 Å². The molecule has 0 saturated heterocycles. The molecule has 0 spiro atoms. The lowest BCUT2D eigenvalue weighted by Gasteiger charge is -2.15. The van der Waals surface area contributed by atoms with Gasteiger partial charge in [-0.15, -0.1) is 11.3 Å². The van der Waals surface area contributed by atoms with Crippen molar-refractivity contribution in [3.8, 4) is 50.6 Å². The van der Waals surface area contributed by atoms with Crippen LogP contribution in [-0.2, 0) is 6.54 Å². The minimum Gasteiger partial charge on any atom is -0.493 e. The third kappa shape index (κ3) is 3.70. The fourth-order valence-electron chi connectivity index (χ4n) is 3.16. The van der Waals surface area contributed by atoms with Crippen molar-refractivity contribution >= 4 is 11.3 Å². The third-order valence-electron chi connectivity index (χ3n) is 4.47. The molecule has 29 heavy (non-hydrogen) atoms. The first-order chi connectivity index (χ1) is 14.1. The Morgan fingerprint density at radius 2 is 1.52 bits per heavy atom. The van der Waals surface area contributed by atoms with Gasteiger partial charge >= 0.3 is 0 Å².